The quantitative estimate of drug-likeness (QED) is 0.704. The monoisotopic (exact) mass is 431 g/mol. The van der Waals surface area contributed by atoms with Crippen LogP contribution in [0.2, 0.25) is 5.02 Å². The van der Waals surface area contributed by atoms with E-state index >= 15 is 0 Å². The van der Waals surface area contributed by atoms with E-state index in [2.05, 4.69) is 0 Å². The molecule has 158 valence electrons. The molecule has 0 aromatic heterocycles. The highest BCUT2D eigenvalue weighted by atomic mass is 35.5. The van der Waals surface area contributed by atoms with Crippen molar-refractivity contribution in [2.75, 3.05) is 31.2 Å². The number of amides is 3. The summed E-state index contributed by atoms with van der Waals surface area (Å²) < 4.78 is 13.2. The van der Waals surface area contributed by atoms with Crippen molar-refractivity contribution in [3.8, 4) is 0 Å². The van der Waals surface area contributed by atoms with Crippen molar-refractivity contribution in [3.63, 3.8) is 0 Å². The topological polar surface area (TPSA) is 60.9 Å². The van der Waals surface area contributed by atoms with E-state index in [0.717, 1.165) is 0 Å². The molecule has 3 amide bonds. The van der Waals surface area contributed by atoms with E-state index in [4.69, 9.17) is 11.6 Å². The number of rotatable bonds is 6. The van der Waals surface area contributed by atoms with Crippen LogP contribution in [-0.4, -0.2) is 53.8 Å². The number of hydrogen-bond acceptors (Lipinski definition) is 3. The van der Waals surface area contributed by atoms with Crippen LogP contribution in [0.25, 0.3) is 0 Å². The predicted molar refractivity (Wildman–Crippen MR) is 113 cm³/mol. The van der Waals surface area contributed by atoms with Crippen molar-refractivity contribution in [2.45, 2.75) is 13.8 Å². The van der Waals surface area contributed by atoms with Gasteiger partial charge in [0.25, 0.3) is 5.91 Å². The van der Waals surface area contributed by atoms with Gasteiger partial charge in [-0.3, -0.25) is 19.3 Å². The Morgan fingerprint density at radius 3 is 2.50 bits per heavy atom. The molecule has 0 atom stereocenters. The molecule has 0 spiro atoms. The van der Waals surface area contributed by atoms with Gasteiger partial charge in [0.1, 0.15) is 25.6 Å². The lowest BCUT2D eigenvalue weighted by molar-refractivity contribution is -0.132. The fourth-order valence-corrected chi connectivity index (χ4v) is 3.47. The number of anilines is 1. The average Bonchev–Trinajstić information content (AvgIpc) is 3.09. The summed E-state index contributed by atoms with van der Waals surface area (Å²) in [4.78, 5) is 42.5. The van der Waals surface area contributed by atoms with Crippen LogP contribution >= 0.6 is 11.6 Å². The number of carbonyl (C=O) groups excluding carboxylic acids is 3. The second kappa shape index (κ2) is 9.26. The summed E-state index contributed by atoms with van der Waals surface area (Å²) in [6.07, 6.45) is 0. The lowest BCUT2D eigenvalue weighted by Crippen LogP contribution is -2.44. The largest absolute Gasteiger partial charge is 0.329 e. The molecule has 0 N–H and O–H groups in total. The first-order chi connectivity index (χ1) is 14.2. The summed E-state index contributed by atoms with van der Waals surface area (Å²) in [7, 11) is 0. The molecule has 3 rings (SSSR count). The zero-order valence-electron chi connectivity index (χ0n) is 16.8. The van der Waals surface area contributed by atoms with Crippen LogP contribution in [0, 0.1) is 11.7 Å². The molecule has 1 fully saturated rings. The molecule has 0 radical (unpaired) electrons. The van der Waals surface area contributed by atoms with Crippen LogP contribution < -0.4 is 4.90 Å². The number of hydrogen-bond donors (Lipinski definition) is 0. The first-order valence-electron chi connectivity index (χ1n) is 9.63. The van der Waals surface area contributed by atoms with Crippen LogP contribution in [-0.2, 0) is 9.59 Å². The number of nitrogens with zero attached hydrogens (tertiary/aromatic N) is 3. The van der Waals surface area contributed by atoms with Gasteiger partial charge in [0.15, 0.2) is 0 Å². The third kappa shape index (κ3) is 5.16. The second-order valence-corrected chi connectivity index (χ2v) is 8.06. The number of benzene rings is 2. The molecular weight excluding hydrogens is 409 g/mol. The minimum absolute atomic E-state index is 0.0639. The average molecular weight is 432 g/mol. The standard InChI is InChI=1S/C22H23ClFN3O3/c1-15(2)11-25(22(30)16-6-8-18(24)9-7-16)12-20(28)26-13-21(29)27(14-26)19-5-3-4-17(23)10-19/h3-10,15H,11-14H2,1-2H3. The van der Waals surface area contributed by atoms with Gasteiger partial charge in [-0.2, -0.15) is 0 Å². The number of carbonyl (C=O) groups is 3. The third-order valence-corrected chi connectivity index (χ3v) is 4.94. The van der Waals surface area contributed by atoms with Gasteiger partial charge >= 0.3 is 0 Å². The second-order valence-electron chi connectivity index (χ2n) is 7.62. The fraction of sp³-hybridized carbons (Fsp3) is 0.318. The van der Waals surface area contributed by atoms with E-state index in [1.54, 1.807) is 24.3 Å². The summed E-state index contributed by atoms with van der Waals surface area (Å²) in [5.74, 6) is -1.20. The Kier molecular flexibility index (Phi) is 6.72. The summed E-state index contributed by atoms with van der Waals surface area (Å²) in [6, 6.07) is 12.1. The van der Waals surface area contributed by atoms with Crippen molar-refractivity contribution >= 4 is 35.0 Å². The van der Waals surface area contributed by atoms with Gasteiger partial charge in [0.05, 0.1) is 0 Å². The Balaban J connectivity index is 1.72. The van der Waals surface area contributed by atoms with Crippen LogP contribution in [0.3, 0.4) is 0 Å². The minimum atomic E-state index is -0.435. The highest BCUT2D eigenvalue weighted by Crippen LogP contribution is 2.23. The molecule has 1 heterocycles. The molecule has 1 saturated heterocycles. The van der Waals surface area contributed by atoms with Crippen molar-refractivity contribution in [1.82, 2.24) is 9.80 Å². The van der Waals surface area contributed by atoms with Gasteiger partial charge < -0.3 is 9.80 Å². The number of halogens is 2. The molecule has 6 nitrogen and oxygen atoms in total. The Bertz CT molecular complexity index is 949. The van der Waals surface area contributed by atoms with Crippen LogP contribution in [0.15, 0.2) is 48.5 Å². The van der Waals surface area contributed by atoms with E-state index in [0.29, 0.717) is 22.8 Å². The molecule has 30 heavy (non-hydrogen) atoms. The molecular formula is C22H23ClFN3O3. The summed E-state index contributed by atoms with van der Waals surface area (Å²) in [6.45, 7) is 4.11. The van der Waals surface area contributed by atoms with Gasteiger partial charge in [-0.05, 0) is 48.4 Å². The van der Waals surface area contributed by atoms with E-state index in [-0.39, 0.29) is 43.4 Å². The summed E-state index contributed by atoms with van der Waals surface area (Å²) >= 11 is 6.00. The normalized spacial score (nSPS) is 13.8. The van der Waals surface area contributed by atoms with Crippen LogP contribution in [0.5, 0.6) is 0 Å². The van der Waals surface area contributed by atoms with Crippen LogP contribution in [0.4, 0.5) is 10.1 Å². The smallest absolute Gasteiger partial charge is 0.254 e. The Morgan fingerprint density at radius 1 is 1.17 bits per heavy atom. The Hall–Kier alpha value is -2.93. The molecule has 2 aromatic carbocycles. The molecule has 2 aromatic rings. The van der Waals surface area contributed by atoms with E-state index in [1.807, 2.05) is 13.8 Å². The van der Waals surface area contributed by atoms with Crippen molar-refractivity contribution < 1.29 is 18.8 Å². The van der Waals surface area contributed by atoms with E-state index in [1.165, 1.54) is 39.0 Å². The van der Waals surface area contributed by atoms with Crippen molar-refractivity contribution in [1.29, 1.82) is 0 Å². The fourth-order valence-electron chi connectivity index (χ4n) is 3.28. The first-order valence-corrected chi connectivity index (χ1v) is 10.0. The lowest BCUT2D eigenvalue weighted by Gasteiger charge is -2.26. The predicted octanol–water partition coefficient (Wildman–Crippen LogP) is 3.41. The van der Waals surface area contributed by atoms with E-state index in [9.17, 15) is 18.8 Å². The Morgan fingerprint density at radius 2 is 1.87 bits per heavy atom. The summed E-state index contributed by atoms with van der Waals surface area (Å²) in [5, 5.41) is 0.498. The highest BCUT2D eigenvalue weighted by molar-refractivity contribution is 6.31. The van der Waals surface area contributed by atoms with Gasteiger partial charge in [-0.15, -0.1) is 0 Å². The Labute approximate surface area is 179 Å². The van der Waals surface area contributed by atoms with Crippen LogP contribution in [0.1, 0.15) is 24.2 Å². The minimum Gasteiger partial charge on any atom is -0.329 e. The zero-order chi connectivity index (χ0) is 21.8. The third-order valence-electron chi connectivity index (χ3n) is 4.70. The zero-order valence-corrected chi connectivity index (χ0v) is 17.6. The van der Waals surface area contributed by atoms with Gasteiger partial charge in [-0.1, -0.05) is 31.5 Å². The maximum absolute atomic E-state index is 13.2. The lowest BCUT2D eigenvalue weighted by atomic mass is 10.1. The van der Waals surface area contributed by atoms with Crippen molar-refractivity contribution in [2.24, 2.45) is 5.92 Å². The molecule has 0 aliphatic carbocycles. The maximum Gasteiger partial charge on any atom is 0.254 e. The molecule has 1 aliphatic rings. The molecule has 0 bridgehead atoms. The SMILES string of the molecule is CC(C)CN(CC(=O)N1CC(=O)N(c2cccc(Cl)c2)C1)C(=O)c1ccc(F)cc1. The van der Waals surface area contributed by atoms with Gasteiger partial charge in [-0.25, -0.2) is 4.39 Å². The summed E-state index contributed by atoms with van der Waals surface area (Å²) in [5.41, 5.74) is 0.923. The molecule has 0 unspecified atom stereocenters. The maximum atomic E-state index is 13.2. The molecule has 0 saturated carbocycles. The molecule has 8 heteroatoms. The van der Waals surface area contributed by atoms with Gasteiger partial charge in [0.2, 0.25) is 11.8 Å². The first kappa shape index (κ1) is 21.8. The highest BCUT2D eigenvalue weighted by Gasteiger charge is 2.33. The van der Waals surface area contributed by atoms with Gasteiger partial charge in [0, 0.05) is 22.8 Å². The van der Waals surface area contributed by atoms with Crippen molar-refractivity contribution in [3.05, 3.63) is 64.9 Å². The van der Waals surface area contributed by atoms with E-state index < -0.39 is 5.82 Å². The molecule has 1 aliphatic heterocycles.